The van der Waals surface area contributed by atoms with E-state index >= 15 is 0 Å². The number of benzene rings is 5. The van der Waals surface area contributed by atoms with Crippen LogP contribution < -0.4 is 4.90 Å². The van der Waals surface area contributed by atoms with Crippen molar-refractivity contribution < 1.29 is 19.8 Å². The van der Waals surface area contributed by atoms with E-state index in [4.69, 9.17) is 10.2 Å². The van der Waals surface area contributed by atoms with E-state index in [0.717, 1.165) is 86.6 Å². The van der Waals surface area contributed by atoms with Crippen LogP contribution in [0.1, 0.15) is 69.5 Å². The lowest BCUT2D eigenvalue weighted by Crippen LogP contribution is -2.11. The third-order valence-electron chi connectivity index (χ3n) is 8.74. The molecule has 0 saturated carbocycles. The molecule has 0 aliphatic heterocycles. The first-order valence-corrected chi connectivity index (χ1v) is 17.1. The van der Waals surface area contributed by atoms with Crippen LogP contribution in [-0.2, 0) is 22.4 Å². The molecule has 2 N–H and O–H groups in total. The SMILES string of the molecule is CCc1cc(/C=C/C(=O)O)ccc1/C=C/c1ccc(N(c2ccc(/C=C/c3ccc(/C=C/C(=O)O)cc3CC)cc2)c2ccc(C)cc2C)cc1. The summed E-state index contributed by atoms with van der Waals surface area (Å²) in [5, 5.41) is 17.9. The summed E-state index contributed by atoms with van der Waals surface area (Å²) in [6.45, 7) is 8.45. The summed E-state index contributed by atoms with van der Waals surface area (Å²) < 4.78 is 0. The van der Waals surface area contributed by atoms with Gasteiger partial charge < -0.3 is 15.1 Å². The number of carbonyl (C=O) groups is 2. The highest BCUT2D eigenvalue weighted by Gasteiger charge is 2.15. The first-order valence-electron chi connectivity index (χ1n) is 17.1. The minimum atomic E-state index is -0.957. The fourth-order valence-electron chi connectivity index (χ4n) is 6.06. The van der Waals surface area contributed by atoms with Gasteiger partial charge in [-0.05, 0) is 119 Å². The van der Waals surface area contributed by atoms with E-state index < -0.39 is 11.9 Å². The van der Waals surface area contributed by atoms with Gasteiger partial charge in [0.1, 0.15) is 0 Å². The number of hydrogen-bond acceptors (Lipinski definition) is 3. The summed E-state index contributed by atoms with van der Waals surface area (Å²) in [7, 11) is 0. The molecule has 5 aromatic carbocycles. The normalized spacial score (nSPS) is 11.7. The van der Waals surface area contributed by atoms with Crippen LogP contribution in [0, 0.1) is 13.8 Å². The molecular weight excluding hydrogens is 631 g/mol. The largest absolute Gasteiger partial charge is 0.478 e. The maximum atomic E-state index is 10.9. The lowest BCUT2D eigenvalue weighted by atomic mass is 10.00. The van der Waals surface area contributed by atoms with Gasteiger partial charge in [-0.25, -0.2) is 9.59 Å². The van der Waals surface area contributed by atoms with Crippen LogP contribution in [-0.4, -0.2) is 22.2 Å². The Kier molecular flexibility index (Phi) is 12.0. The van der Waals surface area contributed by atoms with Gasteiger partial charge in [0.15, 0.2) is 0 Å². The molecule has 0 saturated heterocycles. The van der Waals surface area contributed by atoms with Gasteiger partial charge in [0.25, 0.3) is 0 Å². The summed E-state index contributed by atoms with van der Waals surface area (Å²) in [4.78, 5) is 24.1. The van der Waals surface area contributed by atoms with Crippen LogP contribution in [0.25, 0.3) is 36.5 Å². The zero-order chi connectivity index (χ0) is 36.3. The van der Waals surface area contributed by atoms with Gasteiger partial charge in [-0.1, -0.05) is 117 Å². The van der Waals surface area contributed by atoms with Crippen LogP contribution in [0.15, 0.2) is 115 Å². The summed E-state index contributed by atoms with van der Waals surface area (Å²) in [6.07, 6.45) is 15.7. The molecule has 0 atom stereocenters. The average Bonchev–Trinajstić information content (AvgIpc) is 3.13. The Labute approximate surface area is 300 Å². The maximum Gasteiger partial charge on any atom is 0.328 e. The summed E-state index contributed by atoms with van der Waals surface area (Å²) in [5.41, 5.74) is 14.0. The molecule has 0 spiro atoms. The van der Waals surface area contributed by atoms with E-state index in [1.54, 1.807) is 12.2 Å². The van der Waals surface area contributed by atoms with E-state index in [-0.39, 0.29) is 0 Å². The van der Waals surface area contributed by atoms with E-state index in [1.165, 1.54) is 11.1 Å². The molecule has 0 aromatic heterocycles. The standard InChI is InChI=1S/C46H43NO4/c1-5-38-30-36(16-27-45(48)49)10-20-40(38)18-8-34-12-22-42(23-13-34)47(44-26-7-32(3)29-33(44)4)43-24-14-35(15-25-43)9-19-41-21-11-37(17-28-46(50)51)31-39(41)6-2/h7-31H,5-6H2,1-4H3,(H,48,49)(H,50,51)/b18-8+,19-9+,27-16+,28-17+. The monoisotopic (exact) mass is 673 g/mol. The molecule has 5 aromatic rings. The zero-order valence-corrected chi connectivity index (χ0v) is 29.5. The van der Waals surface area contributed by atoms with Gasteiger partial charge in [-0.3, -0.25) is 0 Å². The molecular formula is C46H43NO4. The van der Waals surface area contributed by atoms with E-state index in [1.807, 2.05) is 36.4 Å². The van der Waals surface area contributed by atoms with Crippen molar-refractivity contribution in [3.05, 3.63) is 171 Å². The van der Waals surface area contributed by atoms with E-state index in [0.29, 0.717) is 0 Å². The topological polar surface area (TPSA) is 77.8 Å². The van der Waals surface area contributed by atoms with E-state index in [2.05, 4.69) is 124 Å². The molecule has 0 radical (unpaired) electrons. The van der Waals surface area contributed by atoms with Crippen LogP contribution in [0.5, 0.6) is 0 Å². The summed E-state index contributed by atoms with van der Waals surface area (Å²) in [6, 6.07) is 35.7. The molecule has 5 heteroatoms. The first-order chi connectivity index (χ1) is 24.6. The molecule has 5 rings (SSSR count). The van der Waals surface area contributed by atoms with Crippen molar-refractivity contribution in [3.63, 3.8) is 0 Å². The van der Waals surface area contributed by atoms with Crippen LogP contribution in [0.2, 0.25) is 0 Å². The van der Waals surface area contributed by atoms with Crippen molar-refractivity contribution in [3.8, 4) is 0 Å². The van der Waals surface area contributed by atoms with Crippen LogP contribution in [0.3, 0.4) is 0 Å². The third kappa shape index (κ3) is 9.71. The lowest BCUT2D eigenvalue weighted by molar-refractivity contribution is -0.132. The van der Waals surface area contributed by atoms with Crippen molar-refractivity contribution >= 4 is 65.5 Å². The lowest BCUT2D eigenvalue weighted by Gasteiger charge is -2.27. The average molecular weight is 674 g/mol. The second-order valence-electron chi connectivity index (χ2n) is 12.4. The smallest absolute Gasteiger partial charge is 0.328 e. The quantitative estimate of drug-likeness (QED) is 0.0961. The van der Waals surface area contributed by atoms with Crippen molar-refractivity contribution in [1.82, 2.24) is 0 Å². The second-order valence-corrected chi connectivity index (χ2v) is 12.4. The van der Waals surface area contributed by atoms with Gasteiger partial charge >= 0.3 is 11.9 Å². The minimum Gasteiger partial charge on any atom is -0.478 e. The predicted molar refractivity (Wildman–Crippen MR) is 213 cm³/mol. The van der Waals surface area contributed by atoms with Crippen molar-refractivity contribution in [2.24, 2.45) is 0 Å². The Morgan fingerprint density at radius 3 is 1.35 bits per heavy atom. The summed E-state index contributed by atoms with van der Waals surface area (Å²) >= 11 is 0. The van der Waals surface area contributed by atoms with Crippen LogP contribution in [0.4, 0.5) is 17.1 Å². The van der Waals surface area contributed by atoms with Crippen molar-refractivity contribution in [1.29, 1.82) is 0 Å². The Balaban J connectivity index is 1.40. The molecule has 0 aliphatic carbocycles. The number of carboxylic acids is 2. The minimum absolute atomic E-state index is 0.841. The second kappa shape index (κ2) is 17.0. The highest BCUT2D eigenvalue weighted by molar-refractivity contribution is 5.86. The van der Waals surface area contributed by atoms with Gasteiger partial charge in [0.2, 0.25) is 0 Å². The summed E-state index contributed by atoms with van der Waals surface area (Å²) in [5.74, 6) is -1.91. The van der Waals surface area contributed by atoms with Gasteiger partial charge in [0.05, 0.1) is 0 Å². The Hall–Kier alpha value is -6.20. The number of anilines is 3. The fourth-order valence-corrected chi connectivity index (χ4v) is 6.06. The Bertz CT molecular complexity index is 2010. The Morgan fingerprint density at radius 2 is 0.961 bits per heavy atom. The predicted octanol–water partition coefficient (Wildman–Crippen LogP) is 11.4. The van der Waals surface area contributed by atoms with Crippen molar-refractivity contribution in [2.45, 2.75) is 40.5 Å². The number of aryl methyl sites for hydroxylation is 4. The van der Waals surface area contributed by atoms with E-state index in [9.17, 15) is 9.59 Å². The number of rotatable bonds is 13. The third-order valence-corrected chi connectivity index (χ3v) is 8.74. The molecule has 51 heavy (non-hydrogen) atoms. The van der Waals surface area contributed by atoms with Gasteiger partial charge in [-0.15, -0.1) is 0 Å². The fraction of sp³-hybridized carbons (Fsp3) is 0.130. The van der Waals surface area contributed by atoms with Gasteiger partial charge in [0, 0.05) is 29.2 Å². The number of carboxylic acid groups (broad SMARTS) is 2. The van der Waals surface area contributed by atoms with Crippen molar-refractivity contribution in [2.75, 3.05) is 4.90 Å². The number of aliphatic carboxylic acids is 2. The molecule has 0 heterocycles. The number of nitrogens with zero attached hydrogens (tertiary/aromatic N) is 1. The molecule has 0 fully saturated rings. The molecule has 256 valence electrons. The van der Waals surface area contributed by atoms with Gasteiger partial charge in [-0.2, -0.15) is 0 Å². The highest BCUT2D eigenvalue weighted by atomic mass is 16.4. The Morgan fingerprint density at radius 1 is 0.529 bits per heavy atom. The first kappa shape index (κ1) is 36.1. The number of hydrogen-bond donors (Lipinski definition) is 2. The highest BCUT2D eigenvalue weighted by Crippen LogP contribution is 2.37. The maximum absolute atomic E-state index is 10.9. The molecule has 0 amide bonds. The molecule has 0 bridgehead atoms. The van der Waals surface area contributed by atoms with Crippen LogP contribution >= 0.6 is 0 Å². The molecule has 0 unspecified atom stereocenters. The molecule has 0 aliphatic rings. The zero-order valence-electron chi connectivity index (χ0n) is 29.5. The molecule has 5 nitrogen and oxygen atoms in total.